The zero-order valence-electron chi connectivity index (χ0n) is 36.7. The number of rotatable bonds is 12. The van der Waals surface area contributed by atoms with E-state index in [1.165, 1.54) is 26.3 Å². The van der Waals surface area contributed by atoms with Gasteiger partial charge in [0.05, 0.1) is 42.3 Å². The molecule has 5 N–H and O–H groups in total. The van der Waals surface area contributed by atoms with Gasteiger partial charge in [-0.1, -0.05) is 31.5 Å². The van der Waals surface area contributed by atoms with Crippen molar-refractivity contribution in [1.29, 1.82) is 0 Å². The van der Waals surface area contributed by atoms with Crippen molar-refractivity contribution in [3.63, 3.8) is 0 Å². The normalized spacial score (nSPS) is 15.2. The summed E-state index contributed by atoms with van der Waals surface area (Å²) in [6.07, 6.45) is -5.14. The van der Waals surface area contributed by atoms with Crippen LogP contribution in [0.1, 0.15) is 62.7 Å². The molecule has 19 nitrogen and oxygen atoms in total. The van der Waals surface area contributed by atoms with Gasteiger partial charge in [0.1, 0.15) is 22.9 Å². The maximum atomic E-state index is 12.9. The minimum absolute atomic E-state index is 0.0104. The number of carboxylic acid groups (broad SMARTS) is 1. The van der Waals surface area contributed by atoms with Crippen molar-refractivity contribution in [1.82, 2.24) is 19.5 Å². The molecule has 1 unspecified atom stereocenters. The number of hydrogen-bond donors (Lipinski definition) is 5. The Hall–Kier alpha value is -5.74. The molecule has 4 aromatic rings. The third kappa shape index (κ3) is 15.4. The number of carbonyl (C=O) groups excluding carboxylic acids is 2. The SMILES string of the molecule is CC(C)OC(=O)c1cc(-n2c(=O)cc(C(F)(F)F)n(C)c2=O)ccc1Cl.CON(C)C(=O)Nc1ccc(Oc2ccc3c(c2)OC(C)(OC)CC3(C)C)cc1.O=C(O)CNCP(=O)(O)O. The van der Waals surface area contributed by atoms with Crippen molar-refractivity contribution in [2.45, 2.75) is 64.5 Å². The van der Waals surface area contributed by atoms with E-state index in [4.69, 9.17) is 50.3 Å². The molecule has 0 aliphatic carbocycles. The quantitative estimate of drug-likeness (QED) is 0.0578. The molecular formula is C41H50ClF3N5O14P. The molecule has 0 saturated carbocycles. The molecule has 1 atom stereocenters. The number of anilines is 1. The summed E-state index contributed by atoms with van der Waals surface area (Å²) in [5, 5.41) is 13.9. The van der Waals surface area contributed by atoms with Crippen LogP contribution in [-0.2, 0) is 42.3 Å². The van der Waals surface area contributed by atoms with Crippen LogP contribution in [0.25, 0.3) is 5.69 Å². The molecule has 2 heterocycles. The van der Waals surface area contributed by atoms with Gasteiger partial charge in [-0.25, -0.2) is 24.0 Å². The second-order valence-electron chi connectivity index (χ2n) is 15.2. The minimum atomic E-state index is -4.86. The topological polar surface area (TPSA) is 246 Å². The number of aromatic nitrogens is 2. The van der Waals surface area contributed by atoms with Crippen LogP contribution in [0.3, 0.4) is 0 Å². The number of amides is 2. The van der Waals surface area contributed by atoms with Crippen molar-refractivity contribution in [3.8, 4) is 22.9 Å². The Bertz CT molecular complexity index is 2510. The third-order valence-electron chi connectivity index (χ3n) is 9.08. The van der Waals surface area contributed by atoms with Crippen molar-refractivity contribution < 1.29 is 70.8 Å². The van der Waals surface area contributed by atoms with E-state index in [0.29, 0.717) is 32.4 Å². The number of aliphatic carboxylic acids is 1. The van der Waals surface area contributed by atoms with Crippen molar-refractivity contribution in [2.24, 2.45) is 7.05 Å². The van der Waals surface area contributed by atoms with Crippen LogP contribution < -0.4 is 31.4 Å². The number of hydrogen-bond acceptors (Lipinski definition) is 12. The second kappa shape index (κ2) is 22.0. The van der Waals surface area contributed by atoms with Gasteiger partial charge in [-0.15, -0.1) is 0 Å². The largest absolute Gasteiger partial charge is 0.480 e. The first kappa shape index (κ1) is 53.6. The molecule has 0 bridgehead atoms. The number of halogens is 4. The number of nitrogens with zero attached hydrogens (tertiary/aromatic N) is 3. The first-order chi connectivity index (χ1) is 30.0. The lowest BCUT2D eigenvalue weighted by Crippen LogP contribution is -2.45. The number of carbonyl (C=O) groups is 3. The van der Waals surface area contributed by atoms with Crippen molar-refractivity contribution in [3.05, 3.63) is 109 Å². The summed E-state index contributed by atoms with van der Waals surface area (Å²) in [5.41, 5.74) is -2.32. The van der Waals surface area contributed by atoms with E-state index in [-0.39, 0.29) is 27.7 Å². The summed E-state index contributed by atoms with van der Waals surface area (Å²) in [5.74, 6) is -0.542. The highest BCUT2D eigenvalue weighted by Gasteiger charge is 2.42. The first-order valence-electron chi connectivity index (χ1n) is 19.1. The highest BCUT2D eigenvalue weighted by Crippen LogP contribution is 2.46. The Morgan fingerprint density at radius 1 is 0.985 bits per heavy atom. The average Bonchev–Trinajstić information content (AvgIpc) is 3.19. The highest BCUT2D eigenvalue weighted by molar-refractivity contribution is 7.51. The second-order valence-corrected chi connectivity index (χ2v) is 17.3. The van der Waals surface area contributed by atoms with Gasteiger partial charge in [-0.05, 0) is 67.8 Å². The van der Waals surface area contributed by atoms with Crippen molar-refractivity contribution in [2.75, 3.05) is 39.4 Å². The molecule has 5 rings (SSSR count). The van der Waals surface area contributed by atoms with Crippen LogP contribution in [0, 0.1) is 0 Å². The molecule has 356 valence electrons. The number of urea groups is 1. The van der Waals surface area contributed by atoms with Crippen LogP contribution in [0.5, 0.6) is 17.2 Å². The van der Waals surface area contributed by atoms with E-state index in [9.17, 15) is 41.7 Å². The number of nitrogens with one attached hydrogen (secondary N) is 2. The van der Waals surface area contributed by atoms with E-state index >= 15 is 0 Å². The Morgan fingerprint density at radius 2 is 1.60 bits per heavy atom. The van der Waals surface area contributed by atoms with Crippen LogP contribution in [-0.4, -0.2) is 93.0 Å². The molecular weight excluding hydrogens is 910 g/mol. The first-order valence-corrected chi connectivity index (χ1v) is 21.3. The Kier molecular flexibility index (Phi) is 18.1. The number of carboxylic acids is 1. The third-order valence-corrected chi connectivity index (χ3v) is 10.0. The summed E-state index contributed by atoms with van der Waals surface area (Å²) in [6, 6.07) is 16.5. The molecule has 1 aliphatic rings. The van der Waals surface area contributed by atoms with Crippen LogP contribution in [0.4, 0.5) is 23.7 Å². The lowest BCUT2D eigenvalue weighted by Gasteiger charge is -2.43. The fourth-order valence-electron chi connectivity index (χ4n) is 6.05. The molecule has 0 radical (unpaired) electrons. The maximum absolute atomic E-state index is 12.9. The van der Waals surface area contributed by atoms with Gasteiger partial charge in [0.25, 0.3) is 5.56 Å². The molecule has 65 heavy (non-hydrogen) atoms. The van der Waals surface area contributed by atoms with Crippen LogP contribution in [0.15, 0.2) is 76.3 Å². The molecule has 3 aromatic carbocycles. The Labute approximate surface area is 375 Å². The Morgan fingerprint density at radius 3 is 2.14 bits per heavy atom. The zero-order chi connectivity index (χ0) is 49.2. The van der Waals surface area contributed by atoms with Gasteiger partial charge >= 0.3 is 37.4 Å². The van der Waals surface area contributed by atoms with E-state index in [0.717, 1.165) is 35.9 Å². The highest BCUT2D eigenvalue weighted by atomic mass is 35.5. The number of alkyl halides is 3. The fraction of sp³-hybridized carbons (Fsp3) is 0.390. The number of methoxy groups -OCH3 is 1. The van der Waals surface area contributed by atoms with E-state index in [2.05, 4.69) is 24.5 Å². The Balaban J connectivity index is 0.000000288. The van der Waals surface area contributed by atoms with E-state index in [1.54, 1.807) is 45.2 Å². The predicted molar refractivity (Wildman–Crippen MR) is 231 cm³/mol. The molecule has 1 aromatic heterocycles. The van der Waals surface area contributed by atoms with Gasteiger partial charge in [-0.3, -0.25) is 28.9 Å². The number of ether oxygens (including phenoxy) is 4. The number of hydroxylamine groups is 2. The van der Waals surface area contributed by atoms with Gasteiger partial charge in [0.2, 0.25) is 5.79 Å². The predicted octanol–water partition coefficient (Wildman–Crippen LogP) is 6.50. The fourth-order valence-corrected chi connectivity index (χ4v) is 6.65. The molecule has 2 amide bonds. The molecule has 0 spiro atoms. The molecule has 1 aliphatic heterocycles. The molecule has 0 saturated heterocycles. The number of fused-ring (bicyclic) bond motifs is 1. The van der Waals surface area contributed by atoms with Crippen LogP contribution >= 0.6 is 19.2 Å². The standard InChI is InChI=1S/C22H28N2O5.C16H14ClF3N2O4.C3H8NO5P/c1-21(2)14-22(3,26-5)29-19-13-17(11-12-18(19)21)28-16-9-7-15(8-10-16)23-20(25)24(4)27-6;1-8(2)26-14(24)10-6-9(4-5-11(10)17)22-13(23)7-12(16(18,19)20)21(3)15(22)25;5-3(6)1-4-2-10(7,8)9/h7-13H,14H2,1-6H3,(H,23,25);4-8H,1-3H3;4H,1-2H2,(H,5,6)(H2,7,8,9). The number of benzene rings is 3. The zero-order valence-corrected chi connectivity index (χ0v) is 38.3. The summed E-state index contributed by atoms with van der Waals surface area (Å²) in [7, 11) is 1.41. The molecule has 0 fully saturated rings. The van der Waals surface area contributed by atoms with E-state index in [1.807, 2.05) is 25.1 Å². The average molecular weight is 960 g/mol. The summed E-state index contributed by atoms with van der Waals surface area (Å²) < 4.78 is 72.3. The maximum Gasteiger partial charge on any atom is 0.431 e. The van der Waals surface area contributed by atoms with E-state index < -0.39 is 67.4 Å². The van der Waals surface area contributed by atoms with Gasteiger partial charge in [-0.2, -0.15) is 13.2 Å². The lowest BCUT2D eigenvalue weighted by atomic mass is 9.76. The summed E-state index contributed by atoms with van der Waals surface area (Å²) in [6.45, 7) is 9.10. The lowest BCUT2D eigenvalue weighted by molar-refractivity contribution is -0.172. The van der Waals surface area contributed by atoms with Gasteiger partial charge in [0.15, 0.2) is 0 Å². The monoisotopic (exact) mass is 959 g/mol. The summed E-state index contributed by atoms with van der Waals surface area (Å²) in [4.78, 5) is 79.2. The van der Waals surface area contributed by atoms with Crippen molar-refractivity contribution >= 4 is 42.9 Å². The summed E-state index contributed by atoms with van der Waals surface area (Å²) >= 11 is 5.94. The van der Waals surface area contributed by atoms with Gasteiger partial charge < -0.3 is 39.2 Å². The minimum Gasteiger partial charge on any atom is -0.480 e. The molecule has 24 heteroatoms. The van der Waals surface area contributed by atoms with Gasteiger partial charge in [0, 0.05) is 57.9 Å². The smallest absolute Gasteiger partial charge is 0.431 e. The number of esters is 1. The van der Waals surface area contributed by atoms with Crippen LogP contribution in [0.2, 0.25) is 5.02 Å².